The largest absolute Gasteiger partial charge is 0.329 e. The van der Waals surface area contributed by atoms with Gasteiger partial charge in [-0.25, -0.2) is 0 Å². The lowest BCUT2D eigenvalue weighted by atomic mass is 9.80. The van der Waals surface area contributed by atoms with Crippen LogP contribution in [0.15, 0.2) is 0 Å². The van der Waals surface area contributed by atoms with Crippen molar-refractivity contribution in [3.05, 3.63) is 0 Å². The monoisotopic (exact) mass is 281 g/mol. The van der Waals surface area contributed by atoms with Crippen molar-refractivity contribution < 1.29 is 0 Å². The van der Waals surface area contributed by atoms with Gasteiger partial charge in [0, 0.05) is 31.2 Å². The summed E-state index contributed by atoms with van der Waals surface area (Å²) in [6.45, 7) is 11.6. The van der Waals surface area contributed by atoms with E-state index < -0.39 is 0 Å². The van der Waals surface area contributed by atoms with E-state index >= 15 is 0 Å². The van der Waals surface area contributed by atoms with E-state index in [1.165, 1.54) is 51.7 Å². The topological polar surface area (TPSA) is 32.5 Å². The highest BCUT2D eigenvalue weighted by Crippen LogP contribution is 2.34. The Kier molecular flexibility index (Phi) is 5.49. The molecule has 3 nitrogen and oxygen atoms in total. The first kappa shape index (κ1) is 16.3. The van der Waals surface area contributed by atoms with Crippen molar-refractivity contribution in [3.63, 3.8) is 0 Å². The number of nitrogens with zero attached hydrogens (tertiary/aromatic N) is 2. The Morgan fingerprint density at radius 2 is 2.00 bits per heavy atom. The summed E-state index contributed by atoms with van der Waals surface area (Å²) >= 11 is 0. The van der Waals surface area contributed by atoms with Crippen molar-refractivity contribution in [2.24, 2.45) is 17.6 Å². The molecule has 0 aromatic carbocycles. The van der Waals surface area contributed by atoms with Gasteiger partial charge in [0.2, 0.25) is 0 Å². The number of nitrogens with two attached hydrogens (primary N) is 1. The molecular formula is C17H35N3. The molecule has 0 amide bonds. The normalized spacial score (nSPS) is 32.1. The van der Waals surface area contributed by atoms with Crippen molar-refractivity contribution >= 4 is 0 Å². The van der Waals surface area contributed by atoms with Crippen molar-refractivity contribution in [1.29, 1.82) is 0 Å². The second kappa shape index (κ2) is 6.76. The van der Waals surface area contributed by atoms with Crippen LogP contribution in [0.1, 0.15) is 52.9 Å². The van der Waals surface area contributed by atoms with Crippen LogP contribution in [0.3, 0.4) is 0 Å². The second-order valence-electron chi connectivity index (χ2n) is 7.82. The Hall–Kier alpha value is -0.120. The standard InChI is InChI=1S/C17H35N3/c1-14(2)7-9-17(3,13-18)20-11-8-16-15(12-20)6-5-10-19(16)4/h14-16H,5-13,18H2,1-4H3. The first-order valence-electron chi connectivity index (χ1n) is 8.61. The molecule has 2 heterocycles. The van der Waals surface area contributed by atoms with E-state index in [0.29, 0.717) is 0 Å². The predicted octanol–water partition coefficient (Wildman–Crippen LogP) is 2.56. The molecule has 2 aliphatic heterocycles. The Morgan fingerprint density at radius 1 is 1.25 bits per heavy atom. The van der Waals surface area contributed by atoms with Crippen LogP contribution < -0.4 is 5.73 Å². The van der Waals surface area contributed by atoms with Crippen LogP contribution in [-0.4, -0.2) is 54.6 Å². The highest BCUT2D eigenvalue weighted by molar-refractivity contribution is 4.96. The maximum absolute atomic E-state index is 6.17. The van der Waals surface area contributed by atoms with E-state index in [4.69, 9.17) is 5.73 Å². The van der Waals surface area contributed by atoms with Crippen LogP contribution in [0.2, 0.25) is 0 Å². The molecule has 2 fully saturated rings. The number of likely N-dealkylation sites (tertiary alicyclic amines) is 2. The van der Waals surface area contributed by atoms with E-state index in [1.807, 2.05) is 0 Å². The van der Waals surface area contributed by atoms with E-state index in [0.717, 1.165) is 24.4 Å². The molecule has 0 aromatic rings. The van der Waals surface area contributed by atoms with Gasteiger partial charge in [0.1, 0.15) is 0 Å². The molecule has 0 aromatic heterocycles. The molecule has 0 aliphatic carbocycles. The fourth-order valence-electron chi connectivity index (χ4n) is 4.13. The summed E-state index contributed by atoms with van der Waals surface area (Å²) < 4.78 is 0. The number of rotatable bonds is 5. The van der Waals surface area contributed by atoms with Gasteiger partial charge in [-0.1, -0.05) is 13.8 Å². The molecular weight excluding hydrogens is 246 g/mol. The minimum Gasteiger partial charge on any atom is -0.329 e. The molecule has 118 valence electrons. The molecule has 0 spiro atoms. The smallest absolute Gasteiger partial charge is 0.0303 e. The maximum Gasteiger partial charge on any atom is 0.0303 e. The molecule has 20 heavy (non-hydrogen) atoms. The summed E-state index contributed by atoms with van der Waals surface area (Å²) in [5, 5.41) is 0. The zero-order chi connectivity index (χ0) is 14.8. The lowest BCUT2D eigenvalue weighted by Crippen LogP contribution is -2.60. The number of piperidine rings is 2. The number of hydrogen-bond donors (Lipinski definition) is 1. The minimum absolute atomic E-state index is 0.214. The van der Waals surface area contributed by atoms with Gasteiger partial charge in [0.25, 0.3) is 0 Å². The maximum atomic E-state index is 6.17. The van der Waals surface area contributed by atoms with Crippen molar-refractivity contribution in [2.45, 2.75) is 64.5 Å². The zero-order valence-electron chi connectivity index (χ0n) is 14.1. The van der Waals surface area contributed by atoms with Gasteiger partial charge in [-0.2, -0.15) is 0 Å². The number of fused-ring (bicyclic) bond motifs is 1. The van der Waals surface area contributed by atoms with Crippen molar-refractivity contribution in [2.75, 3.05) is 33.2 Å². The first-order chi connectivity index (χ1) is 9.46. The van der Waals surface area contributed by atoms with Crippen LogP contribution in [0.4, 0.5) is 0 Å². The van der Waals surface area contributed by atoms with E-state index in [-0.39, 0.29) is 5.54 Å². The van der Waals surface area contributed by atoms with Gasteiger partial charge in [-0.15, -0.1) is 0 Å². The molecule has 0 radical (unpaired) electrons. The summed E-state index contributed by atoms with van der Waals surface area (Å²) in [4.78, 5) is 5.31. The van der Waals surface area contributed by atoms with E-state index in [2.05, 4.69) is 37.6 Å². The Bertz CT molecular complexity index is 305. The summed E-state index contributed by atoms with van der Waals surface area (Å²) in [5.74, 6) is 1.65. The quantitative estimate of drug-likeness (QED) is 0.840. The molecule has 0 bridgehead atoms. The molecule has 3 atom stereocenters. The van der Waals surface area contributed by atoms with Gasteiger partial charge < -0.3 is 10.6 Å². The Labute approximate surface area is 125 Å². The van der Waals surface area contributed by atoms with Gasteiger partial charge >= 0.3 is 0 Å². The lowest BCUT2D eigenvalue weighted by molar-refractivity contribution is -0.0124. The zero-order valence-corrected chi connectivity index (χ0v) is 14.1. The third kappa shape index (κ3) is 3.55. The first-order valence-corrected chi connectivity index (χ1v) is 8.61. The van der Waals surface area contributed by atoms with Crippen LogP contribution >= 0.6 is 0 Å². The van der Waals surface area contributed by atoms with Gasteiger partial charge in [-0.05, 0) is 64.5 Å². The minimum atomic E-state index is 0.214. The summed E-state index contributed by atoms with van der Waals surface area (Å²) in [6.07, 6.45) is 6.65. The second-order valence-corrected chi connectivity index (χ2v) is 7.82. The third-order valence-corrected chi connectivity index (χ3v) is 5.81. The third-order valence-electron chi connectivity index (χ3n) is 5.81. The van der Waals surface area contributed by atoms with Crippen LogP contribution in [0.25, 0.3) is 0 Å². The fraction of sp³-hybridized carbons (Fsp3) is 1.00. The van der Waals surface area contributed by atoms with Gasteiger partial charge in [0.15, 0.2) is 0 Å². The van der Waals surface area contributed by atoms with Crippen LogP contribution in [0.5, 0.6) is 0 Å². The average Bonchev–Trinajstić information content (AvgIpc) is 2.44. The Morgan fingerprint density at radius 3 is 2.65 bits per heavy atom. The van der Waals surface area contributed by atoms with Crippen LogP contribution in [0, 0.1) is 11.8 Å². The average molecular weight is 281 g/mol. The Balaban J connectivity index is 1.98. The van der Waals surface area contributed by atoms with E-state index in [1.54, 1.807) is 0 Å². The fourth-order valence-corrected chi connectivity index (χ4v) is 4.13. The summed E-state index contributed by atoms with van der Waals surface area (Å²) in [6, 6.07) is 0.826. The number of hydrogen-bond acceptors (Lipinski definition) is 3. The highest BCUT2D eigenvalue weighted by Gasteiger charge is 2.40. The molecule has 3 heteroatoms. The molecule has 2 saturated heterocycles. The molecule has 2 N–H and O–H groups in total. The SMILES string of the molecule is CC(C)CCC(C)(CN)N1CCC2C(CCCN2C)C1. The molecule has 2 rings (SSSR count). The van der Waals surface area contributed by atoms with Gasteiger partial charge in [-0.3, -0.25) is 4.90 Å². The summed E-state index contributed by atoms with van der Waals surface area (Å²) in [5.41, 5.74) is 6.38. The molecule has 3 unspecified atom stereocenters. The van der Waals surface area contributed by atoms with Crippen LogP contribution in [-0.2, 0) is 0 Å². The molecule has 0 saturated carbocycles. The van der Waals surface area contributed by atoms with Gasteiger partial charge in [0.05, 0.1) is 0 Å². The molecule has 2 aliphatic rings. The van der Waals surface area contributed by atoms with Crippen molar-refractivity contribution in [1.82, 2.24) is 9.80 Å². The van der Waals surface area contributed by atoms with E-state index in [9.17, 15) is 0 Å². The lowest BCUT2D eigenvalue weighted by Gasteiger charge is -2.51. The summed E-state index contributed by atoms with van der Waals surface area (Å²) in [7, 11) is 2.31. The van der Waals surface area contributed by atoms with Crippen molar-refractivity contribution in [3.8, 4) is 0 Å². The predicted molar refractivity (Wildman–Crippen MR) is 86.9 cm³/mol. The highest BCUT2D eigenvalue weighted by atomic mass is 15.2.